The van der Waals surface area contributed by atoms with Gasteiger partial charge in [-0.3, -0.25) is 9.59 Å². The first-order valence-electron chi connectivity index (χ1n) is 12.3. The molecule has 36 heavy (non-hydrogen) atoms. The number of nitrogens with zero attached hydrogens (tertiary/aromatic N) is 2. The van der Waals surface area contributed by atoms with Gasteiger partial charge >= 0.3 is 0 Å². The van der Waals surface area contributed by atoms with Gasteiger partial charge in [0.15, 0.2) is 22.4 Å². The Bertz CT molecular complexity index is 1070. The molecular formula is C26H34N4O5S. The Balaban J connectivity index is 1.18. The van der Waals surface area contributed by atoms with E-state index in [1.54, 1.807) is 26.4 Å². The molecular weight excluding hydrogens is 480 g/mol. The normalized spacial score (nSPS) is 16.6. The third kappa shape index (κ3) is 6.10. The second kappa shape index (κ2) is 11.6. The van der Waals surface area contributed by atoms with Crippen LogP contribution in [0.1, 0.15) is 35.4 Å². The number of methoxy groups -OCH3 is 2. The summed E-state index contributed by atoms with van der Waals surface area (Å²) >= 11 is 5.69. The van der Waals surface area contributed by atoms with Gasteiger partial charge in [-0.15, -0.1) is 0 Å². The first kappa shape index (κ1) is 25.8. The largest absolute Gasteiger partial charge is 0.493 e. The van der Waals surface area contributed by atoms with Gasteiger partial charge in [0.05, 0.1) is 27.0 Å². The fourth-order valence-corrected chi connectivity index (χ4v) is 5.23. The number of nitrogens with one attached hydrogen (secondary N) is 2. The van der Waals surface area contributed by atoms with Crippen LogP contribution in [0.15, 0.2) is 41.0 Å². The van der Waals surface area contributed by atoms with Gasteiger partial charge in [0.2, 0.25) is 5.91 Å². The zero-order valence-electron chi connectivity index (χ0n) is 20.9. The van der Waals surface area contributed by atoms with Gasteiger partial charge in [0.1, 0.15) is 0 Å². The molecule has 3 heterocycles. The van der Waals surface area contributed by atoms with E-state index in [0.717, 1.165) is 67.5 Å². The molecule has 2 amide bonds. The minimum Gasteiger partial charge on any atom is -0.493 e. The molecule has 1 aromatic heterocycles. The highest BCUT2D eigenvalue weighted by molar-refractivity contribution is 7.80. The highest BCUT2D eigenvalue weighted by atomic mass is 32.1. The first-order chi connectivity index (χ1) is 17.4. The Morgan fingerprint density at radius 3 is 2.42 bits per heavy atom. The summed E-state index contributed by atoms with van der Waals surface area (Å²) in [5, 5.41) is 6.82. The standard InChI is InChI=1S/C26H34N4O5S/c1-33-20-6-5-19(16-22(20)34-2)7-11-27-25(36)30-14-10-26(18-30)8-12-29(13-9-26)23(31)17-28-24(32)21-4-3-15-35-21/h3-6,15-16H,7-14,17-18H2,1-2H3,(H,27,36)(H,28,32). The molecule has 10 heteroatoms. The van der Waals surface area contributed by atoms with Crippen molar-refractivity contribution in [2.24, 2.45) is 5.41 Å². The summed E-state index contributed by atoms with van der Waals surface area (Å²) in [5.41, 5.74) is 1.33. The minimum absolute atomic E-state index is 0.0211. The van der Waals surface area contributed by atoms with Crippen LogP contribution < -0.4 is 20.1 Å². The van der Waals surface area contributed by atoms with Crippen LogP contribution in [-0.2, 0) is 11.2 Å². The molecule has 0 unspecified atom stereocenters. The number of carbonyl (C=O) groups is 2. The number of ether oxygens (including phenoxy) is 2. The molecule has 0 radical (unpaired) electrons. The van der Waals surface area contributed by atoms with Crippen molar-refractivity contribution in [2.75, 3.05) is 53.5 Å². The first-order valence-corrected chi connectivity index (χ1v) is 12.7. The van der Waals surface area contributed by atoms with Crippen LogP contribution >= 0.6 is 12.2 Å². The van der Waals surface area contributed by atoms with Crippen LogP contribution in [-0.4, -0.2) is 80.2 Å². The molecule has 2 N–H and O–H groups in total. The molecule has 2 aliphatic heterocycles. The van der Waals surface area contributed by atoms with Gasteiger partial charge < -0.3 is 34.3 Å². The number of piperidine rings is 1. The van der Waals surface area contributed by atoms with E-state index in [9.17, 15) is 9.59 Å². The van der Waals surface area contributed by atoms with E-state index in [1.807, 2.05) is 23.1 Å². The number of furan rings is 1. The van der Waals surface area contributed by atoms with Crippen LogP contribution in [0.25, 0.3) is 0 Å². The van der Waals surface area contributed by atoms with Crippen molar-refractivity contribution in [3.8, 4) is 11.5 Å². The van der Waals surface area contributed by atoms with Crippen LogP contribution in [0, 0.1) is 5.41 Å². The number of rotatable bonds is 8. The van der Waals surface area contributed by atoms with Gasteiger partial charge in [0.25, 0.3) is 5.91 Å². The highest BCUT2D eigenvalue weighted by Crippen LogP contribution is 2.40. The van der Waals surface area contributed by atoms with Crippen molar-refractivity contribution >= 4 is 29.1 Å². The lowest BCUT2D eigenvalue weighted by Crippen LogP contribution is -2.48. The molecule has 0 atom stereocenters. The van der Waals surface area contributed by atoms with Crippen LogP contribution in [0.3, 0.4) is 0 Å². The molecule has 1 aromatic carbocycles. The van der Waals surface area contributed by atoms with E-state index in [4.69, 9.17) is 26.1 Å². The molecule has 2 fully saturated rings. The van der Waals surface area contributed by atoms with Crippen molar-refractivity contribution in [3.63, 3.8) is 0 Å². The van der Waals surface area contributed by atoms with E-state index < -0.39 is 0 Å². The molecule has 1 spiro atoms. The highest BCUT2D eigenvalue weighted by Gasteiger charge is 2.42. The molecule has 0 saturated carbocycles. The summed E-state index contributed by atoms with van der Waals surface area (Å²) in [6.45, 7) is 3.95. The number of hydrogen-bond donors (Lipinski definition) is 2. The maximum absolute atomic E-state index is 12.6. The lowest BCUT2D eigenvalue weighted by molar-refractivity contribution is -0.132. The zero-order chi connectivity index (χ0) is 25.5. The van der Waals surface area contributed by atoms with Gasteiger partial charge in [-0.1, -0.05) is 6.07 Å². The Morgan fingerprint density at radius 2 is 1.75 bits per heavy atom. The fourth-order valence-electron chi connectivity index (χ4n) is 4.97. The third-order valence-corrected chi connectivity index (χ3v) is 7.59. The second-order valence-electron chi connectivity index (χ2n) is 9.38. The van der Waals surface area contributed by atoms with E-state index in [-0.39, 0.29) is 29.5 Å². The lowest BCUT2D eigenvalue weighted by atomic mass is 9.78. The SMILES string of the molecule is COc1ccc(CCNC(=S)N2CCC3(CCN(C(=O)CNC(=O)c4ccco4)CC3)C2)cc1OC. The Morgan fingerprint density at radius 1 is 1.03 bits per heavy atom. The zero-order valence-corrected chi connectivity index (χ0v) is 21.7. The van der Waals surface area contributed by atoms with E-state index in [0.29, 0.717) is 13.1 Å². The van der Waals surface area contributed by atoms with Crippen LogP contribution in [0.4, 0.5) is 0 Å². The number of benzene rings is 1. The molecule has 0 bridgehead atoms. The van der Waals surface area contributed by atoms with Crippen molar-refractivity contribution in [2.45, 2.75) is 25.7 Å². The number of thiocarbonyl (C=S) groups is 1. The Kier molecular flexibility index (Phi) is 8.35. The van der Waals surface area contributed by atoms with E-state index in [2.05, 4.69) is 15.5 Å². The molecule has 2 aromatic rings. The van der Waals surface area contributed by atoms with Crippen molar-refractivity contribution in [1.82, 2.24) is 20.4 Å². The predicted octanol–water partition coefficient (Wildman–Crippen LogP) is 2.46. The van der Waals surface area contributed by atoms with Gasteiger partial charge in [0, 0.05) is 32.7 Å². The molecule has 2 aliphatic rings. The quantitative estimate of drug-likeness (QED) is 0.519. The molecule has 2 saturated heterocycles. The minimum atomic E-state index is -0.375. The number of carbonyl (C=O) groups excluding carboxylic acids is 2. The average Bonchev–Trinajstić information content (AvgIpc) is 3.58. The maximum atomic E-state index is 12.6. The molecule has 4 rings (SSSR count). The van der Waals surface area contributed by atoms with Gasteiger partial charge in [-0.2, -0.15) is 0 Å². The van der Waals surface area contributed by atoms with Gasteiger partial charge in [-0.05, 0) is 73.1 Å². The number of hydrogen-bond acceptors (Lipinski definition) is 6. The predicted molar refractivity (Wildman–Crippen MR) is 139 cm³/mol. The van der Waals surface area contributed by atoms with Crippen LogP contribution in [0.2, 0.25) is 0 Å². The van der Waals surface area contributed by atoms with Gasteiger partial charge in [-0.25, -0.2) is 0 Å². The Labute approximate surface area is 217 Å². The summed E-state index contributed by atoms with van der Waals surface area (Å²) < 4.78 is 15.7. The lowest BCUT2D eigenvalue weighted by Gasteiger charge is -2.39. The fraction of sp³-hybridized carbons (Fsp3) is 0.500. The summed E-state index contributed by atoms with van der Waals surface area (Å²) in [6, 6.07) is 9.16. The Hall–Kier alpha value is -3.27. The molecule has 0 aliphatic carbocycles. The summed E-state index contributed by atoms with van der Waals surface area (Å²) in [5.74, 6) is 1.22. The molecule has 9 nitrogen and oxygen atoms in total. The maximum Gasteiger partial charge on any atom is 0.287 e. The summed E-state index contributed by atoms with van der Waals surface area (Å²) in [6.07, 6.45) is 5.21. The smallest absolute Gasteiger partial charge is 0.287 e. The van der Waals surface area contributed by atoms with E-state index in [1.165, 1.54) is 6.26 Å². The second-order valence-corrected chi connectivity index (χ2v) is 9.77. The number of amides is 2. The van der Waals surface area contributed by atoms with Crippen molar-refractivity contribution < 1.29 is 23.5 Å². The third-order valence-electron chi connectivity index (χ3n) is 7.19. The van der Waals surface area contributed by atoms with Crippen molar-refractivity contribution in [3.05, 3.63) is 47.9 Å². The van der Waals surface area contributed by atoms with Crippen molar-refractivity contribution in [1.29, 1.82) is 0 Å². The monoisotopic (exact) mass is 514 g/mol. The average molecular weight is 515 g/mol. The van der Waals surface area contributed by atoms with E-state index >= 15 is 0 Å². The van der Waals surface area contributed by atoms with Crippen LogP contribution in [0.5, 0.6) is 11.5 Å². The molecule has 194 valence electrons. The topological polar surface area (TPSA) is 96.3 Å². The summed E-state index contributed by atoms with van der Waals surface area (Å²) in [4.78, 5) is 28.7. The summed E-state index contributed by atoms with van der Waals surface area (Å²) in [7, 11) is 3.27. The number of likely N-dealkylation sites (tertiary alicyclic amines) is 2.